The summed E-state index contributed by atoms with van der Waals surface area (Å²) in [4.78, 5) is 23.4. The Bertz CT molecular complexity index is 803. The van der Waals surface area contributed by atoms with Crippen molar-refractivity contribution in [3.05, 3.63) is 58.3 Å². The maximum absolute atomic E-state index is 12.0. The van der Waals surface area contributed by atoms with E-state index in [4.69, 9.17) is 0 Å². The predicted molar refractivity (Wildman–Crippen MR) is 103 cm³/mol. The molecule has 1 heterocycles. The molecule has 0 saturated heterocycles. The lowest BCUT2D eigenvalue weighted by Crippen LogP contribution is -2.31. The van der Waals surface area contributed by atoms with Crippen LogP contribution in [0, 0.1) is 0 Å². The van der Waals surface area contributed by atoms with Crippen molar-refractivity contribution in [3.63, 3.8) is 0 Å². The predicted octanol–water partition coefficient (Wildman–Crippen LogP) is 1.99. The van der Waals surface area contributed by atoms with Gasteiger partial charge in [-0.15, -0.1) is 0 Å². The first-order valence-corrected chi connectivity index (χ1v) is 11.0. The Hall–Kier alpha value is -2.19. The second kappa shape index (κ2) is 10.1. The smallest absolute Gasteiger partial charge is 0.252 e. The third-order valence-corrected chi connectivity index (χ3v) is 5.97. The zero-order chi connectivity index (χ0) is 18.8. The summed E-state index contributed by atoms with van der Waals surface area (Å²) in [5.74, 6) is -0.380. The summed E-state index contributed by atoms with van der Waals surface area (Å²) < 4.78 is 24.1. The van der Waals surface area contributed by atoms with Crippen LogP contribution in [-0.4, -0.2) is 39.1 Å². The Labute approximate surface area is 157 Å². The van der Waals surface area contributed by atoms with E-state index in [1.807, 2.05) is 23.6 Å². The van der Waals surface area contributed by atoms with E-state index in [9.17, 15) is 18.0 Å². The molecule has 0 bridgehead atoms. The van der Waals surface area contributed by atoms with Crippen molar-refractivity contribution in [2.75, 3.05) is 18.8 Å². The van der Waals surface area contributed by atoms with Gasteiger partial charge in [-0.3, -0.25) is 9.59 Å². The van der Waals surface area contributed by atoms with Crippen LogP contribution in [-0.2, 0) is 20.4 Å². The number of amides is 2. The average molecular weight is 395 g/mol. The third-order valence-electron chi connectivity index (χ3n) is 3.60. The van der Waals surface area contributed by atoms with Gasteiger partial charge in [0.15, 0.2) is 9.84 Å². The van der Waals surface area contributed by atoms with Crippen molar-refractivity contribution in [2.45, 2.75) is 18.6 Å². The molecule has 2 rings (SSSR count). The number of sulfone groups is 1. The van der Waals surface area contributed by atoms with E-state index in [1.54, 1.807) is 23.6 Å². The molecular formula is C18H22N2O4S2. The van der Waals surface area contributed by atoms with E-state index in [-0.39, 0.29) is 36.3 Å². The molecule has 0 aliphatic carbocycles. The second-order valence-electron chi connectivity index (χ2n) is 5.80. The molecule has 140 valence electrons. The van der Waals surface area contributed by atoms with Gasteiger partial charge in [-0.2, -0.15) is 11.3 Å². The summed E-state index contributed by atoms with van der Waals surface area (Å²) in [6.45, 7) is 0.540. The maximum atomic E-state index is 12.0. The van der Waals surface area contributed by atoms with Gasteiger partial charge >= 0.3 is 0 Å². The number of carbonyl (C=O) groups excluding carboxylic acids is 2. The fourth-order valence-corrected chi connectivity index (χ4v) is 4.36. The van der Waals surface area contributed by atoms with Crippen LogP contribution in [0.1, 0.15) is 28.8 Å². The van der Waals surface area contributed by atoms with Gasteiger partial charge in [-0.25, -0.2) is 8.42 Å². The molecule has 0 fully saturated rings. The molecule has 0 spiro atoms. The topological polar surface area (TPSA) is 92.3 Å². The highest BCUT2D eigenvalue weighted by Crippen LogP contribution is 2.07. The molecule has 2 amide bonds. The summed E-state index contributed by atoms with van der Waals surface area (Å²) in [7, 11) is -3.19. The highest BCUT2D eigenvalue weighted by molar-refractivity contribution is 7.90. The van der Waals surface area contributed by atoms with Crippen LogP contribution in [0.15, 0.2) is 47.2 Å². The summed E-state index contributed by atoms with van der Waals surface area (Å²) in [5, 5.41) is 8.90. The molecular weight excluding hydrogens is 372 g/mol. The lowest BCUT2D eigenvalue weighted by Gasteiger charge is -2.07. The van der Waals surface area contributed by atoms with E-state index in [0.717, 1.165) is 5.56 Å². The quantitative estimate of drug-likeness (QED) is 0.603. The minimum atomic E-state index is -3.19. The minimum absolute atomic E-state index is 0.0103. The Morgan fingerprint density at radius 2 is 1.77 bits per heavy atom. The molecule has 0 aliphatic rings. The monoisotopic (exact) mass is 394 g/mol. The Morgan fingerprint density at radius 1 is 1.00 bits per heavy atom. The molecule has 26 heavy (non-hydrogen) atoms. The number of nitrogens with one attached hydrogen (secondary N) is 2. The number of hydrogen-bond acceptors (Lipinski definition) is 5. The molecule has 0 unspecified atom stereocenters. The van der Waals surface area contributed by atoms with Crippen LogP contribution in [0.5, 0.6) is 0 Å². The fraction of sp³-hybridized carbons (Fsp3) is 0.333. The van der Waals surface area contributed by atoms with Crippen LogP contribution in [0.2, 0.25) is 0 Å². The molecule has 0 saturated carbocycles. The van der Waals surface area contributed by atoms with Crippen molar-refractivity contribution in [2.24, 2.45) is 0 Å². The van der Waals surface area contributed by atoms with Gasteiger partial charge in [0, 0.05) is 30.5 Å². The van der Waals surface area contributed by atoms with Gasteiger partial charge in [0.05, 0.1) is 11.5 Å². The highest BCUT2D eigenvalue weighted by Gasteiger charge is 2.12. The summed E-state index contributed by atoms with van der Waals surface area (Å²) in [5.41, 5.74) is 1.34. The van der Waals surface area contributed by atoms with E-state index in [0.29, 0.717) is 18.5 Å². The van der Waals surface area contributed by atoms with Crippen molar-refractivity contribution < 1.29 is 18.0 Å². The second-order valence-corrected chi connectivity index (χ2v) is 8.76. The fourth-order valence-electron chi connectivity index (χ4n) is 2.29. The van der Waals surface area contributed by atoms with Gasteiger partial charge < -0.3 is 10.6 Å². The molecule has 6 nitrogen and oxygen atoms in total. The first kappa shape index (κ1) is 20.1. The Balaban J connectivity index is 1.58. The molecule has 0 radical (unpaired) electrons. The van der Waals surface area contributed by atoms with Crippen LogP contribution >= 0.6 is 11.3 Å². The minimum Gasteiger partial charge on any atom is -0.356 e. The average Bonchev–Trinajstić information content (AvgIpc) is 3.14. The van der Waals surface area contributed by atoms with Gasteiger partial charge in [0.2, 0.25) is 5.91 Å². The summed E-state index contributed by atoms with van der Waals surface area (Å²) in [6, 6.07) is 10.7. The van der Waals surface area contributed by atoms with Crippen LogP contribution in [0.3, 0.4) is 0 Å². The zero-order valence-corrected chi connectivity index (χ0v) is 15.9. The maximum Gasteiger partial charge on any atom is 0.252 e. The number of thiophene rings is 1. The standard InChI is InChI=1S/C18H22N2O4S2/c21-17(7-10-20-18(22)16-8-11-25-13-16)19-9-4-12-26(23,24)14-15-5-2-1-3-6-15/h1-3,5-6,8,11,13H,4,7,9-10,12,14H2,(H,19,21)(H,20,22). The summed E-state index contributed by atoms with van der Waals surface area (Å²) >= 11 is 1.43. The molecule has 0 atom stereocenters. The largest absolute Gasteiger partial charge is 0.356 e. The summed E-state index contributed by atoms with van der Waals surface area (Å²) in [6.07, 6.45) is 0.523. The Morgan fingerprint density at radius 3 is 2.46 bits per heavy atom. The number of benzene rings is 1. The molecule has 2 aromatic rings. The van der Waals surface area contributed by atoms with Crippen LogP contribution in [0.25, 0.3) is 0 Å². The van der Waals surface area contributed by atoms with Crippen molar-refractivity contribution in [3.8, 4) is 0 Å². The van der Waals surface area contributed by atoms with Gasteiger partial charge in [-0.1, -0.05) is 30.3 Å². The first-order chi connectivity index (χ1) is 12.5. The van der Waals surface area contributed by atoms with Crippen molar-refractivity contribution >= 4 is 33.0 Å². The van der Waals surface area contributed by atoms with Crippen molar-refractivity contribution in [1.29, 1.82) is 0 Å². The highest BCUT2D eigenvalue weighted by atomic mass is 32.2. The number of carbonyl (C=O) groups is 2. The molecule has 1 aromatic carbocycles. The molecule has 2 N–H and O–H groups in total. The van der Waals surface area contributed by atoms with Gasteiger partial charge in [-0.05, 0) is 23.4 Å². The van der Waals surface area contributed by atoms with E-state index in [2.05, 4.69) is 10.6 Å². The molecule has 1 aromatic heterocycles. The van der Waals surface area contributed by atoms with Gasteiger partial charge in [0.1, 0.15) is 0 Å². The SMILES string of the molecule is O=C(CCNC(=O)c1ccsc1)NCCCS(=O)(=O)Cc1ccccc1. The van der Waals surface area contributed by atoms with E-state index < -0.39 is 9.84 Å². The number of hydrogen-bond donors (Lipinski definition) is 2. The van der Waals surface area contributed by atoms with Crippen LogP contribution in [0.4, 0.5) is 0 Å². The molecule has 0 aliphatic heterocycles. The third kappa shape index (κ3) is 7.37. The lowest BCUT2D eigenvalue weighted by molar-refractivity contribution is -0.120. The number of rotatable bonds is 10. The lowest BCUT2D eigenvalue weighted by atomic mass is 10.2. The van der Waals surface area contributed by atoms with E-state index in [1.165, 1.54) is 11.3 Å². The van der Waals surface area contributed by atoms with Crippen LogP contribution < -0.4 is 10.6 Å². The van der Waals surface area contributed by atoms with E-state index >= 15 is 0 Å². The Kier molecular flexibility index (Phi) is 7.80. The first-order valence-electron chi connectivity index (χ1n) is 8.28. The molecule has 8 heteroatoms. The van der Waals surface area contributed by atoms with Crippen molar-refractivity contribution in [1.82, 2.24) is 10.6 Å². The zero-order valence-electron chi connectivity index (χ0n) is 14.3. The van der Waals surface area contributed by atoms with Gasteiger partial charge in [0.25, 0.3) is 5.91 Å². The normalized spacial score (nSPS) is 11.1.